The molecule has 0 bridgehead atoms. The lowest BCUT2D eigenvalue weighted by atomic mass is 10.1. The van der Waals surface area contributed by atoms with E-state index in [2.05, 4.69) is 29.6 Å². The molecule has 20 heavy (non-hydrogen) atoms. The Bertz CT molecular complexity index is 607. The van der Waals surface area contributed by atoms with Crippen molar-refractivity contribution in [2.75, 3.05) is 7.05 Å². The number of rotatable bonds is 3. The molecule has 3 unspecified atom stereocenters. The fourth-order valence-corrected chi connectivity index (χ4v) is 3.99. The van der Waals surface area contributed by atoms with Crippen LogP contribution in [0.5, 0.6) is 0 Å². The summed E-state index contributed by atoms with van der Waals surface area (Å²) in [5.41, 5.74) is 0. The van der Waals surface area contributed by atoms with Crippen molar-refractivity contribution in [1.82, 2.24) is 10.4 Å². The molecule has 3 rings (SSSR count). The number of nitrogens with one attached hydrogen (secondary N) is 1. The van der Waals surface area contributed by atoms with Crippen LogP contribution in [0.15, 0.2) is 30.3 Å². The third-order valence-corrected chi connectivity index (χ3v) is 5.33. The molecule has 1 saturated carbocycles. The molecule has 3 atom stereocenters. The molecule has 2 amide bonds. The van der Waals surface area contributed by atoms with Gasteiger partial charge in [0.15, 0.2) is 0 Å². The summed E-state index contributed by atoms with van der Waals surface area (Å²) in [5, 5.41) is 14.4. The van der Waals surface area contributed by atoms with Crippen LogP contribution in [0.1, 0.15) is 24.1 Å². The third kappa shape index (κ3) is 2.27. The predicted molar refractivity (Wildman–Crippen MR) is 80.2 cm³/mol. The van der Waals surface area contributed by atoms with E-state index in [9.17, 15) is 10.0 Å². The highest BCUT2D eigenvalue weighted by atomic mass is 32.1. The first-order valence-electron chi connectivity index (χ1n) is 6.80. The number of hydrogen-bond acceptors (Lipinski definition) is 3. The van der Waals surface area contributed by atoms with Crippen LogP contribution in [-0.4, -0.2) is 29.4 Å². The van der Waals surface area contributed by atoms with E-state index in [-0.39, 0.29) is 6.04 Å². The van der Waals surface area contributed by atoms with Gasteiger partial charge in [0.05, 0.1) is 6.04 Å². The molecule has 2 N–H and O–H groups in total. The lowest BCUT2D eigenvalue weighted by molar-refractivity contribution is -0.0787. The highest BCUT2D eigenvalue weighted by Crippen LogP contribution is 2.53. The highest BCUT2D eigenvalue weighted by molar-refractivity contribution is 7.19. The Morgan fingerprint density at radius 3 is 2.95 bits per heavy atom. The summed E-state index contributed by atoms with van der Waals surface area (Å²) < 4.78 is 1.30. The van der Waals surface area contributed by atoms with Gasteiger partial charge in [0.25, 0.3) is 0 Å². The zero-order valence-corrected chi connectivity index (χ0v) is 12.4. The Kier molecular flexibility index (Phi) is 3.40. The van der Waals surface area contributed by atoms with Gasteiger partial charge in [-0.3, -0.25) is 5.21 Å². The summed E-state index contributed by atoms with van der Waals surface area (Å²) in [7, 11) is 1.52. The molecule has 0 saturated heterocycles. The normalized spacial score (nSPS) is 22.6. The van der Waals surface area contributed by atoms with E-state index in [1.54, 1.807) is 0 Å². The van der Waals surface area contributed by atoms with E-state index < -0.39 is 6.03 Å². The Labute approximate surface area is 122 Å². The quantitative estimate of drug-likeness (QED) is 0.672. The van der Waals surface area contributed by atoms with Gasteiger partial charge in [-0.15, -0.1) is 11.3 Å². The first kappa shape index (κ1) is 13.4. The number of hydroxylamine groups is 2. The SMILES string of the molecule is CNC(=O)N(O)C(C)C1CC1c1cc2ccccc2s1. The summed E-state index contributed by atoms with van der Waals surface area (Å²) in [6, 6.07) is 9.99. The molecule has 4 nitrogen and oxygen atoms in total. The van der Waals surface area contributed by atoms with Crippen LogP contribution in [0.4, 0.5) is 4.79 Å². The van der Waals surface area contributed by atoms with Gasteiger partial charge in [-0.1, -0.05) is 18.2 Å². The van der Waals surface area contributed by atoms with E-state index in [1.807, 2.05) is 24.3 Å². The molecule has 1 aliphatic rings. The first-order valence-corrected chi connectivity index (χ1v) is 7.61. The zero-order valence-electron chi connectivity index (χ0n) is 11.5. The van der Waals surface area contributed by atoms with Crippen LogP contribution in [0.2, 0.25) is 0 Å². The topological polar surface area (TPSA) is 52.6 Å². The molecule has 1 heterocycles. The fourth-order valence-electron chi connectivity index (χ4n) is 2.74. The maximum Gasteiger partial charge on any atom is 0.341 e. The second-order valence-electron chi connectivity index (χ2n) is 5.33. The third-order valence-electron chi connectivity index (χ3n) is 4.08. The number of nitrogens with zero attached hydrogens (tertiary/aromatic N) is 1. The Balaban J connectivity index is 1.73. The predicted octanol–water partition coefficient (Wildman–Crippen LogP) is 3.42. The number of urea groups is 1. The standard InChI is InChI=1S/C15H18N2O2S/c1-9(17(19)15(18)16-2)11-8-12(11)14-7-10-5-3-4-6-13(10)20-14/h3-7,9,11-12,19H,8H2,1-2H3,(H,16,18). The second kappa shape index (κ2) is 5.07. The van der Waals surface area contributed by atoms with Gasteiger partial charge in [-0.2, -0.15) is 0 Å². The molecule has 106 valence electrons. The summed E-state index contributed by atoms with van der Waals surface area (Å²) in [4.78, 5) is 12.8. The van der Waals surface area contributed by atoms with Crippen LogP contribution in [-0.2, 0) is 0 Å². The molecule has 0 radical (unpaired) electrons. The molecule has 5 heteroatoms. The van der Waals surface area contributed by atoms with E-state index in [0.717, 1.165) is 11.5 Å². The highest BCUT2D eigenvalue weighted by Gasteiger charge is 2.45. The minimum absolute atomic E-state index is 0.162. The van der Waals surface area contributed by atoms with Crippen LogP contribution >= 0.6 is 11.3 Å². The fraction of sp³-hybridized carbons (Fsp3) is 0.400. The van der Waals surface area contributed by atoms with E-state index in [0.29, 0.717) is 11.8 Å². The van der Waals surface area contributed by atoms with Crippen LogP contribution < -0.4 is 5.32 Å². The largest absolute Gasteiger partial charge is 0.341 e. The van der Waals surface area contributed by atoms with Crippen molar-refractivity contribution in [3.63, 3.8) is 0 Å². The lowest BCUT2D eigenvalue weighted by Gasteiger charge is -2.22. The van der Waals surface area contributed by atoms with Gasteiger partial charge < -0.3 is 5.32 Å². The number of amides is 2. The summed E-state index contributed by atoms with van der Waals surface area (Å²) in [5.74, 6) is 0.798. The monoisotopic (exact) mass is 290 g/mol. The molecule has 1 aromatic heterocycles. The van der Waals surface area contributed by atoms with Crippen molar-refractivity contribution < 1.29 is 10.0 Å². The average Bonchev–Trinajstić information content (AvgIpc) is 3.16. The van der Waals surface area contributed by atoms with E-state index in [1.165, 1.54) is 22.0 Å². The second-order valence-corrected chi connectivity index (χ2v) is 6.45. The Morgan fingerprint density at radius 1 is 1.50 bits per heavy atom. The molecular weight excluding hydrogens is 272 g/mol. The van der Waals surface area contributed by atoms with E-state index in [4.69, 9.17) is 0 Å². The van der Waals surface area contributed by atoms with Crippen molar-refractivity contribution in [2.24, 2.45) is 5.92 Å². The van der Waals surface area contributed by atoms with Gasteiger partial charge in [-0.05, 0) is 42.7 Å². The van der Waals surface area contributed by atoms with Gasteiger partial charge in [0.1, 0.15) is 0 Å². The zero-order chi connectivity index (χ0) is 14.3. The van der Waals surface area contributed by atoms with Crippen molar-refractivity contribution >= 4 is 27.5 Å². The molecule has 0 spiro atoms. The van der Waals surface area contributed by atoms with Crippen LogP contribution in [0.3, 0.4) is 0 Å². The maximum atomic E-state index is 11.4. The number of fused-ring (bicyclic) bond motifs is 1. The van der Waals surface area contributed by atoms with E-state index >= 15 is 0 Å². The van der Waals surface area contributed by atoms with Crippen molar-refractivity contribution in [3.8, 4) is 0 Å². The first-order chi connectivity index (χ1) is 9.61. The number of benzene rings is 1. The van der Waals surface area contributed by atoms with Crippen molar-refractivity contribution in [3.05, 3.63) is 35.2 Å². The Hall–Kier alpha value is -1.59. The minimum Gasteiger partial charge on any atom is -0.339 e. The summed E-state index contributed by atoms with van der Waals surface area (Å²) >= 11 is 1.81. The minimum atomic E-state index is -0.445. The van der Waals surface area contributed by atoms with Crippen molar-refractivity contribution in [2.45, 2.75) is 25.3 Å². The van der Waals surface area contributed by atoms with Crippen LogP contribution in [0, 0.1) is 5.92 Å². The van der Waals surface area contributed by atoms with Gasteiger partial charge in [0, 0.05) is 16.6 Å². The van der Waals surface area contributed by atoms with Crippen molar-refractivity contribution in [1.29, 1.82) is 0 Å². The number of hydrogen-bond donors (Lipinski definition) is 2. The molecule has 0 aliphatic heterocycles. The average molecular weight is 290 g/mol. The van der Waals surface area contributed by atoms with Gasteiger partial charge >= 0.3 is 6.03 Å². The number of thiophene rings is 1. The Morgan fingerprint density at radius 2 is 2.25 bits per heavy atom. The molecule has 1 aromatic carbocycles. The molecule has 1 aliphatic carbocycles. The summed E-state index contributed by atoms with van der Waals surface area (Å²) in [6.45, 7) is 1.90. The lowest BCUT2D eigenvalue weighted by Crippen LogP contribution is -2.42. The molecule has 1 fully saturated rings. The van der Waals surface area contributed by atoms with Gasteiger partial charge in [-0.25, -0.2) is 9.86 Å². The molecule has 2 aromatic rings. The summed E-state index contributed by atoms with van der Waals surface area (Å²) in [6.07, 6.45) is 1.03. The number of carbonyl (C=O) groups excluding carboxylic acids is 1. The smallest absolute Gasteiger partial charge is 0.339 e. The van der Waals surface area contributed by atoms with Crippen LogP contribution in [0.25, 0.3) is 10.1 Å². The maximum absolute atomic E-state index is 11.4. The van der Waals surface area contributed by atoms with Gasteiger partial charge in [0.2, 0.25) is 0 Å². The number of carbonyl (C=O) groups is 1. The molecular formula is C15H18N2O2S.